The first-order valence-electron chi connectivity index (χ1n) is 3.71. The van der Waals surface area contributed by atoms with E-state index in [1.165, 1.54) is 16.2 Å². The van der Waals surface area contributed by atoms with Gasteiger partial charge < -0.3 is 10.8 Å². The van der Waals surface area contributed by atoms with E-state index in [2.05, 4.69) is 4.98 Å². The molecule has 0 radical (unpaired) electrons. The summed E-state index contributed by atoms with van der Waals surface area (Å²) >= 11 is 3.33. The average molecular weight is 204 g/mol. The summed E-state index contributed by atoms with van der Waals surface area (Å²) in [6.07, 6.45) is 2.67. The summed E-state index contributed by atoms with van der Waals surface area (Å²) in [5.41, 5.74) is 5.47. The van der Waals surface area contributed by atoms with Crippen molar-refractivity contribution in [3.05, 3.63) is 11.1 Å². The summed E-state index contributed by atoms with van der Waals surface area (Å²) in [6, 6.07) is 0. The zero-order valence-electron chi connectivity index (χ0n) is 6.69. The third kappa shape index (κ3) is 3.42. The number of nitrogen functional groups attached to an aromatic ring is 1. The molecule has 0 amide bonds. The molecule has 0 atom stereocenters. The van der Waals surface area contributed by atoms with E-state index in [1.807, 2.05) is 6.20 Å². The van der Waals surface area contributed by atoms with Crippen molar-refractivity contribution in [2.75, 3.05) is 18.1 Å². The van der Waals surface area contributed by atoms with Crippen molar-refractivity contribution < 1.29 is 5.11 Å². The second-order valence-corrected chi connectivity index (χ2v) is 4.55. The zero-order valence-corrected chi connectivity index (χ0v) is 8.33. The molecule has 0 fully saturated rings. The first-order chi connectivity index (χ1) is 5.83. The van der Waals surface area contributed by atoms with Crippen LogP contribution in [-0.2, 0) is 5.75 Å². The van der Waals surface area contributed by atoms with E-state index in [9.17, 15) is 0 Å². The van der Waals surface area contributed by atoms with Gasteiger partial charge in [0, 0.05) is 23.4 Å². The van der Waals surface area contributed by atoms with Crippen LogP contribution in [0.15, 0.2) is 6.20 Å². The molecule has 68 valence electrons. The monoisotopic (exact) mass is 204 g/mol. The minimum atomic E-state index is 0.276. The summed E-state index contributed by atoms with van der Waals surface area (Å²) in [6.45, 7) is 0.276. The number of thioether (sulfide) groups is 1. The smallest absolute Gasteiger partial charge is 0.180 e. The van der Waals surface area contributed by atoms with Crippen LogP contribution in [0.25, 0.3) is 0 Å². The van der Waals surface area contributed by atoms with Gasteiger partial charge >= 0.3 is 0 Å². The van der Waals surface area contributed by atoms with Crippen LogP contribution in [-0.4, -0.2) is 22.5 Å². The molecule has 1 heterocycles. The highest BCUT2D eigenvalue weighted by molar-refractivity contribution is 7.98. The van der Waals surface area contributed by atoms with Gasteiger partial charge in [-0.3, -0.25) is 0 Å². The maximum Gasteiger partial charge on any atom is 0.180 e. The Morgan fingerprint density at radius 2 is 2.50 bits per heavy atom. The second kappa shape index (κ2) is 5.40. The van der Waals surface area contributed by atoms with Gasteiger partial charge in [0.2, 0.25) is 0 Å². The van der Waals surface area contributed by atoms with Crippen LogP contribution in [0.4, 0.5) is 5.13 Å². The number of nitrogens with zero attached hydrogens (tertiary/aromatic N) is 1. The quantitative estimate of drug-likeness (QED) is 0.711. The topological polar surface area (TPSA) is 59.1 Å². The number of thiazole rings is 1. The lowest BCUT2D eigenvalue weighted by atomic mass is 10.5. The third-order valence-electron chi connectivity index (χ3n) is 1.26. The highest BCUT2D eigenvalue weighted by Gasteiger charge is 1.97. The molecule has 0 saturated carbocycles. The third-order valence-corrected chi connectivity index (χ3v) is 3.36. The number of hydrogen-bond donors (Lipinski definition) is 2. The molecule has 0 aliphatic rings. The lowest BCUT2D eigenvalue weighted by Crippen LogP contribution is -1.85. The summed E-state index contributed by atoms with van der Waals surface area (Å²) in [5, 5.41) is 9.16. The number of hydrogen-bond acceptors (Lipinski definition) is 5. The predicted octanol–water partition coefficient (Wildman–Crippen LogP) is 1.34. The molecule has 3 N–H and O–H groups in total. The van der Waals surface area contributed by atoms with Gasteiger partial charge in [-0.25, -0.2) is 4.98 Å². The standard InChI is InChI=1S/C7H12N2OS2/c8-7-9-4-6(12-7)5-11-3-1-2-10/h4,10H,1-3,5H2,(H2,8,9). The molecular weight excluding hydrogens is 192 g/mol. The van der Waals surface area contributed by atoms with Gasteiger partial charge in [0.15, 0.2) is 5.13 Å². The number of nitrogens with two attached hydrogens (primary N) is 1. The van der Waals surface area contributed by atoms with E-state index in [0.29, 0.717) is 5.13 Å². The fraction of sp³-hybridized carbons (Fsp3) is 0.571. The summed E-state index contributed by atoms with van der Waals surface area (Å²) in [7, 11) is 0. The van der Waals surface area contributed by atoms with Gasteiger partial charge in [-0.15, -0.1) is 11.3 Å². The Bertz CT molecular complexity index is 227. The van der Waals surface area contributed by atoms with Crippen LogP contribution in [0.3, 0.4) is 0 Å². The summed E-state index contributed by atoms with van der Waals surface area (Å²) in [4.78, 5) is 5.15. The Kier molecular flexibility index (Phi) is 4.42. The van der Waals surface area contributed by atoms with Crippen molar-refractivity contribution in [1.29, 1.82) is 0 Å². The fourth-order valence-corrected chi connectivity index (χ4v) is 2.45. The maximum atomic E-state index is 8.52. The van der Waals surface area contributed by atoms with Gasteiger partial charge in [-0.2, -0.15) is 11.8 Å². The molecule has 5 heteroatoms. The van der Waals surface area contributed by atoms with Crippen molar-refractivity contribution in [3.8, 4) is 0 Å². The maximum absolute atomic E-state index is 8.52. The molecular formula is C7H12N2OS2. The molecule has 12 heavy (non-hydrogen) atoms. The molecule has 0 aliphatic carbocycles. The van der Waals surface area contributed by atoms with Crippen molar-refractivity contribution in [2.24, 2.45) is 0 Å². The van der Waals surface area contributed by atoms with Crippen molar-refractivity contribution >= 4 is 28.2 Å². The molecule has 0 aromatic carbocycles. The first-order valence-corrected chi connectivity index (χ1v) is 5.69. The van der Waals surface area contributed by atoms with Gasteiger partial charge in [-0.1, -0.05) is 0 Å². The first kappa shape index (κ1) is 9.83. The lowest BCUT2D eigenvalue weighted by Gasteiger charge is -1.95. The Hall–Kier alpha value is -0.260. The zero-order chi connectivity index (χ0) is 8.81. The molecule has 0 aliphatic heterocycles. The molecule has 1 rings (SSSR count). The SMILES string of the molecule is Nc1ncc(CSCCCO)s1. The van der Waals surface area contributed by atoms with Crippen molar-refractivity contribution in [2.45, 2.75) is 12.2 Å². The van der Waals surface area contributed by atoms with Crippen LogP contribution in [0.2, 0.25) is 0 Å². The van der Waals surface area contributed by atoms with Crippen LogP contribution in [0, 0.1) is 0 Å². The highest BCUT2D eigenvalue weighted by Crippen LogP contribution is 2.20. The predicted molar refractivity (Wildman–Crippen MR) is 54.4 cm³/mol. The largest absolute Gasteiger partial charge is 0.396 e. The van der Waals surface area contributed by atoms with Crippen LogP contribution in [0.5, 0.6) is 0 Å². The number of rotatable bonds is 5. The average Bonchev–Trinajstić information content (AvgIpc) is 2.45. The highest BCUT2D eigenvalue weighted by atomic mass is 32.2. The minimum absolute atomic E-state index is 0.276. The number of aliphatic hydroxyl groups excluding tert-OH is 1. The molecule has 0 saturated heterocycles. The van der Waals surface area contributed by atoms with Crippen molar-refractivity contribution in [3.63, 3.8) is 0 Å². The van der Waals surface area contributed by atoms with Gasteiger partial charge in [0.05, 0.1) is 0 Å². The molecule has 3 nitrogen and oxygen atoms in total. The van der Waals surface area contributed by atoms with Crippen LogP contribution in [0.1, 0.15) is 11.3 Å². The Balaban J connectivity index is 2.15. The molecule has 0 bridgehead atoms. The Labute approximate surface area is 80.0 Å². The van der Waals surface area contributed by atoms with Crippen LogP contribution < -0.4 is 5.73 Å². The fourth-order valence-electron chi connectivity index (χ4n) is 0.729. The van der Waals surface area contributed by atoms with Crippen LogP contribution >= 0.6 is 23.1 Å². The summed E-state index contributed by atoms with van der Waals surface area (Å²) < 4.78 is 0. The molecule has 0 unspecified atom stereocenters. The number of aliphatic hydroxyl groups is 1. The van der Waals surface area contributed by atoms with E-state index < -0.39 is 0 Å². The number of anilines is 1. The normalized spacial score (nSPS) is 10.4. The molecule has 1 aromatic rings. The van der Waals surface area contributed by atoms with Crippen molar-refractivity contribution in [1.82, 2.24) is 4.98 Å². The van der Waals surface area contributed by atoms with E-state index in [1.54, 1.807) is 11.8 Å². The molecule has 0 spiro atoms. The van der Waals surface area contributed by atoms with E-state index in [0.717, 1.165) is 17.9 Å². The lowest BCUT2D eigenvalue weighted by molar-refractivity contribution is 0.296. The number of aromatic nitrogens is 1. The van der Waals surface area contributed by atoms with E-state index >= 15 is 0 Å². The van der Waals surface area contributed by atoms with E-state index in [-0.39, 0.29) is 6.61 Å². The molecule has 1 aromatic heterocycles. The Morgan fingerprint density at radius 1 is 1.67 bits per heavy atom. The van der Waals surface area contributed by atoms with Gasteiger partial charge in [0.1, 0.15) is 0 Å². The second-order valence-electron chi connectivity index (χ2n) is 2.29. The van der Waals surface area contributed by atoms with Gasteiger partial charge in [-0.05, 0) is 12.2 Å². The van der Waals surface area contributed by atoms with Gasteiger partial charge in [0.25, 0.3) is 0 Å². The Morgan fingerprint density at radius 3 is 3.08 bits per heavy atom. The van der Waals surface area contributed by atoms with E-state index in [4.69, 9.17) is 10.8 Å². The summed E-state index contributed by atoms with van der Waals surface area (Å²) in [5.74, 6) is 1.95. The minimum Gasteiger partial charge on any atom is -0.396 e.